The van der Waals surface area contributed by atoms with Gasteiger partial charge in [0.05, 0.1) is 17.8 Å². The summed E-state index contributed by atoms with van der Waals surface area (Å²) in [7, 11) is 0. The van der Waals surface area contributed by atoms with Gasteiger partial charge in [0.2, 0.25) is 0 Å². The smallest absolute Gasteiger partial charge is 0.184 e. The number of hydrogen-bond acceptors (Lipinski definition) is 4. The molecule has 4 heteroatoms. The fraction of sp³-hybridized carbons (Fsp3) is 0.846. The molecule has 0 radical (unpaired) electrons. The normalized spacial score (nSPS) is 34.6. The van der Waals surface area contributed by atoms with Gasteiger partial charge in [0, 0.05) is 6.42 Å². The van der Waals surface area contributed by atoms with Crippen LogP contribution in [0.4, 0.5) is 0 Å². The van der Waals surface area contributed by atoms with Crippen molar-refractivity contribution in [3.8, 4) is 0 Å². The Hall–Kier alpha value is -0.420. The average molecular weight is 244 g/mol. The zero-order valence-corrected chi connectivity index (χ0v) is 10.9. The fourth-order valence-corrected chi connectivity index (χ4v) is 1.87. The summed E-state index contributed by atoms with van der Waals surface area (Å²) in [5, 5.41) is 19.4. The topological polar surface area (TPSA) is 58.9 Å². The summed E-state index contributed by atoms with van der Waals surface area (Å²) in [4.78, 5) is 0. The molecule has 1 heterocycles. The van der Waals surface area contributed by atoms with Gasteiger partial charge in [-0.15, -0.1) is 6.58 Å². The van der Waals surface area contributed by atoms with E-state index in [-0.39, 0.29) is 11.7 Å². The van der Waals surface area contributed by atoms with Crippen molar-refractivity contribution in [3.05, 3.63) is 12.7 Å². The maximum absolute atomic E-state index is 9.82. The second kappa shape index (κ2) is 5.96. The molecular formula is C13H24O4. The third-order valence-corrected chi connectivity index (χ3v) is 3.07. The number of allylic oxidation sites excluding steroid dienone is 1. The van der Waals surface area contributed by atoms with E-state index in [1.165, 1.54) is 0 Å². The molecule has 0 aromatic carbocycles. The van der Waals surface area contributed by atoms with Crippen molar-refractivity contribution in [3.63, 3.8) is 0 Å². The molecule has 4 atom stereocenters. The molecule has 0 aliphatic carbocycles. The van der Waals surface area contributed by atoms with Gasteiger partial charge in [-0.2, -0.15) is 0 Å². The fourth-order valence-electron chi connectivity index (χ4n) is 1.87. The minimum absolute atomic E-state index is 0.295. The van der Waals surface area contributed by atoms with Gasteiger partial charge >= 0.3 is 0 Å². The zero-order chi connectivity index (χ0) is 13.1. The predicted octanol–water partition coefficient (Wildman–Crippen LogP) is 1.60. The van der Waals surface area contributed by atoms with E-state index in [1.807, 2.05) is 19.9 Å². The summed E-state index contributed by atoms with van der Waals surface area (Å²) in [5.74, 6) is 0. The molecule has 0 amide bonds. The molecule has 17 heavy (non-hydrogen) atoms. The first-order chi connectivity index (χ1) is 7.85. The van der Waals surface area contributed by atoms with Gasteiger partial charge in [0.25, 0.3) is 0 Å². The standard InChI is InChI=1S/C13H24O4/c1-5-6-7-13(3,4)17-12-11(15)8-10(14)9(2)16-12/h5,9-12,14-15H,1,6-8H2,2-4H3/t9-,10+,11+,12-/m0/s1. The zero-order valence-electron chi connectivity index (χ0n) is 10.9. The Balaban J connectivity index is 2.52. The van der Waals surface area contributed by atoms with Gasteiger partial charge in [-0.05, 0) is 33.6 Å². The highest BCUT2D eigenvalue weighted by Crippen LogP contribution is 2.27. The van der Waals surface area contributed by atoms with E-state index in [9.17, 15) is 10.2 Å². The summed E-state index contributed by atoms with van der Waals surface area (Å²) in [5.41, 5.74) is -0.373. The lowest BCUT2D eigenvalue weighted by atomic mass is 10.0. The Morgan fingerprint density at radius 2 is 2.06 bits per heavy atom. The molecule has 1 saturated heterocycles. The molecule has 1 aliphatic heterocycles. The molecule has 0 aromatic heterocycles. The van der Waals surface area contributed by atoms with Crippen molar-refractivity contribution in [2.45, 2.75) is 70.2 Å². The minimum Gasteiger partial charge on any atom is -0.390 e. The van der Waals surface area contributed by atoms with Gasteiger partial charge in [-0.3, -0.25) is 0 Å². The molecule has 100 valence electrons. The van der Waals surface area contributed by atoms with Crippen LogP contribution < -0.4 is 0 Å². The van der Waals surface area contributed by atoms with Crippen molar-refractivity contribution < 1.29 is 19.7 Å². The molecule has 1 rings (SSSR count). The predicted molar refractivity (Wildman–Crippen MR) is 65.6 cm³/mol. The lowest BCUT2D eigenvalue weighted by Crippen LogP contribution is -2.49. The third-order valence-electron chi connectivity index (χ3n) is 3.07. The maximum atomic E-state index is 9.82. The van der Waals surface area contributed by atoms with Crippen LogP contribution in [-0.4, -0.2) is 40.4 Å². The van der Waals surface area contributed by atoms with E-state index >= 15 is 0 Å². The molecule has 0 saturated carbocycles. The first-order valence-corrected chi connectivity index (χ1v) is 6.16. The second-order valence-electron chi connectivity index (χ2n) is 5.28. The van der Waals surface area contributed by atoms with Crippen LogP contribution in [0.5, 0.6) is 0 Å². The van der Waals surface area contributed by atoms with Crippen LogP contribution in [0.3, 0.4) is 0 Å². The molecule has 1 fully saturated rings. The Morgan fingerprint density at radius 1 is 1.41 bits per heavy atom. The first-order valence-electron chi connectivity index (χ1n) is 6.16. The Labute approximate surface area is 103 Å². The third kappa shape index (κ3) is 4.39. The highest BCUT2D eigenvalue weighted by atomic mass is 16.7. The van der Waals surface area contributed by atoms with E-state index in [1.54, 1.807) is 6.92 Å². The Morgan fingerprint density at radius 3 is 2.65 bits per heavy atom. The van der Waals surface area contributed by atoms with Crippen molar-refractivity contribution in [2.75, 3.05) is 0 Å². The monoisotopic (exact) mass is 244 g/mol. The Bertz CT molecular complexity index is 252. The summed E-state index contributed by atoms with van der Waals surface area (Å²) in [6.07, 6.45) is 1.45. The molecule has 0 bridgehead atoms. The first kappa shape index (κ1) is 14.6. The average Bonchev–Trinajstić information content (AvgIpc) is 2.23. The second-order valence-corrected chi connectivity index (χ2v) is 5.28. The van der Waals surface area contributed by atoms with Gasteiger partial charge in [0.1, 0.15) is 6.10 Å². The summed E-state index contributed by atoms with van der Waals surface area (Å²) >= 11 is 0. The van der Waals surface area contributed by atoms with E-state index in [2.05, 4.69) is 6.58 Å². The van der Waals surface area contributed by atoms with Crippen LogP contribution >= 0.6 is 0 Å². The van der Waals surface area contributed by atoms with Gasteiger partial charge in [-0.1, -0.05) is 6.08 Å². The Kier molecular flexibility index (Phi) is 5.13. The lowest BCUT2D eigenvalue weighted by molar-refractivity contribution is -0.291. The molecule has 1 aliphatic rings. The highest BCUT2D eigenvalue weighted by Gasteiger charge is 2.37. The number of aliphatic hydroxyl groups is 2. The molecule has 0 aromatic rings. The molecule has 2 N–H and O–H groups in total. The summed E-state index contributed by atoms with van der Waals surface area (Å²) in [6, 6.07) is 0. The lowest BCUT2D eigenvalue weighted by Gasteiger charge is -2.39. The molecule has 4 nitrogen and oxygen atoms in total. The van der Waals surface area contributed by atoms with Crippen LogP contribution in [0.25, 0.3) is 0 Å². The highest BCUT2D eigenvalue weighted by molar-refractivity contribution is 4.82. The largest absolute Gasteiger partial charge is 0.390 e. The molecular weight excluding hydrogens is 220 g/mol. The molecule has 0 unspecified atom stereocenters. The van der Waals surface area contributed by atoms with Gasteiger partial charge in [0.15, 0.2) is 6.29 Å². The van der Waals surface area contributed by atoms with E-state index < -0.39 is 18.5 Å². The summed E-state index contributed by atoms with van der Waals surface area (Å²) < 4.78 is 11.3. The van der Waals surface area contributed by atoms with E-state index in [4.69, 9.17) is 9.47 Å². The maximum Gasteiger partial charge on any atom is 0.184 e. The van der Waals surface area contributed by atoms with Crippen molar-refractivity contribution >= 4 is 0 Å². The molecule has 0 spiro atoms. The van der Waals surface area contributed by atoms with Crippen LogP contribution in [0.15, 0.2) is 12.7 Å². The number of rotatable bonds is 5. The van der Waals surface area contributed by atoms with Crippen LogP contribution in [0.2, 0.25) is 0 Å². The van der Waals surface area contributed by atoms with Crippen molar-refractivity contribution in [2.24, 2.45) is 0 Å². The number of aliphatic hydroxyl groups excluding tert-OH is 2. The van der Waals surface area contributed by atoms with E-state index in [0.29, 0.717) is 6.42 Å². The number of ether oxygens (including phenoxy) is 2. The van der Waals surface area contributed by atoms with E-state index in [0.717, 1.165) is 12.8 Å². The van der Waals surface area contributed by atoms with Gasteiger partial charge in [-0.25, -0.2) is 0 Å². The summed E-state index contributed by atoms with van der Waals surface area (Å²) in [6.45, 7) is 9.38. The van der Waals surface area contributed by atoms with Crippen LogP contribution in [0, 0.1) is 0 Å². The van der Waals surface area contributed by atoms with Crippen LogP contribution in [-0.2, 0) is 9.47 Å². The number of hydrogen-bond donors (Lipinski definition) is 2. The van der Waals surface area contributed by atoms with Gasteiger partial charge < -0.3 is 19.7 Å². The SMILES string of the molecule is C=CCCC(C)(C)O[C@@H]1O[C@@H](C)[C@H](O)C[C@H]1O. The van der Waals surface area contributed by atoms with Crippen LogP contribution in [0.1, 0.15) is 40.0 Å². The minimum atomic E-state index is -0.774. The van der Waals surface area contributed by atoms with Crippen molar-refractivity contribution in [1.82, 2.24) is 0 Å². The van der Waals surface area contributed by atoms with Crippen molar-refractivity contribution in [1.29, 1.82) is 0 Å². The quantitative estimate of drug-likeness (QED) is 0.721.